The van der Waals surface area contributed by atoms with Gasteiger partial charge in [-0.3, -0.25) is 4.79 Å². The zero-order valence-corrected chi connectivity index (χ0v) is 15.0. The lowest BCUT2D eigenvalue weighted by Gasteiger charge is -2.23. The Kier molecular flexibility index (Phi) is 6.02. The van der Waals surface area contributed by atoms with Crippen LogP contribution < -0.4 is 5.32 Å². The summed E-state index contributed by atoms with van der Waals surface area (Å²) in [6.07, 6.45) is 3.26. The summed E-state index contributed by atoms with van der Waals surface area (Å²) in [5, 5.41) is 17.5. The molecule has 1 atom stereocenters. The summed E-state index contributed by atoms with van der Waals surface area (Å²) in [7, 11) is 1.85. The molecule has 2 aromatic rings. The van der Waals surface area contributed by atoms with E-state index in [2.05, 4.69) is 10.4 Å². The Morgan fingerprint density at radius 2 is 2.24 bits per heavy atom. The molecule has 8 heteroatoms. The van der Waals surface area contributed by atoms with Gasteiger partial charge in [-0.1, -0.05) is 0 Å². The molecule has 1 aromatic carbocycles. The van der Waals surface area contributed by atoms with Crippen LogP contribution in [0.1, 0.15) is 28.9 Å². The molecular weight excluding hydrogens is 347 g/mol. The molecule has 0 radical (unpaired) electrons. The van der Waals surface area contributed by atoms with Gasteiger partial charge in [-0.05, 0) is 50.6 Å². The maximum absolute atomic E-state index is 13.3. The van der Waals surface area contributed by atoms with Crippen molar-refractivity contribution >= 4 is 18.3 Å². The summed E-state index contributed by atoms with van der Waals surface area (Å²) < 4.78 is 14.7. The quantitative estimate of drug-likeness (QED) is 0.868. The number of hydrogen-bond donors (Lipinski definition) is 2. The topological polar surface area (TPSA) is 70.4 Å². The molecule has 1 aliphatic rings. The molecule has 1 saturated heterocycles. The number of aromatic nitrogens is 2. The Labute approximate surface area is 152 Å². The number of carbonyl (C=O) groups excluding carboxylic acids is 1. The van der Waals surface area contributed by atoms with Gasteiger partial charge in [-0.15, -0.1) is 12.4 Å². The van der Waals surface area contributed by atoms with Crippen molar-refractivity contribution in [3.05, 3.63) is 41.5 Å². The number of likely N-dealkylation sites (tertiary alicyclic amines) is 1. The van der Waals surface area contributed by atoms with Gasteiger partial charge in [0.05, 0.1) is 11.9 Å². The van der Waals surface area contributed by atoms with Crippen molar-refractivity contribution in [2.75, 3.05) is 20.1 Å². The van der Waals surface area contributed by atoms with E-state index in [1.165, 1.54) is 23.0 Å². The van der Waals surface area contributed by atoms with Gasteiger partial charge >= 0.3 is 0 Å². The highest BCUT2D eigenvalue weighted by molar-refractivity contribution is 5.95. The Balaban J connectivity index is 0.00000225. The van der Waals surface area contributed by atoms with Gasteiger partial charge in [-0.2, -0.15) is 5.10 Å². The molecule has 2 heterocycles. The lowest BCUT2D eigenvalue weighted by atomic mass is 10.2. The Morgan fingerprint density at radius 3 is 2.92 bits per heavy atom. The molecule has 25 heavy (non-hydrogen) atoms. The van der Waals surface area contributed by atoms with Gasteiger partial charge in [0.25, 0.3) is 5.91 Å². The van der Waals surface area contributed by atoms with E-state index in [4.69, 9.17) is 0 Å². The third-order valence-corrected chi connectivity index (χ3v) is 4.38. The van der Waals surface area contributed by atoms with Crippen LogP contribution in [0.25, 0.3) is 5.69 Å². The van der Waals surface area contributed by atoms with E-state index in [-0.39, 0.29) is 41.6 Å². The first kappa shape index (κ1) is 19.2. The Bertz CT molecular complexity index is 765. The predicted molar refractivity (Wildman–Crippen MR) is 95.2 cm³/mol. The van der Waals surface area contributed by atoms with E-state index in [1.807, 2.05) is 7.05 Å². The van der Waals surface area contributed by atoms with Crippen molar-refractivity contribution < 1.29 is 14.3 Å². The summed E-state index contributed by atoms with van der Waals surface area (Å²) in [5.41, 5.74) is 1.33. The molecule has 0 aliphatic carbocycles. The van der Waals surface area contributed by atoms with Crippen LogP contribution in [0.15, 0.2) is 24.4 Å². The molecule has 2 N–H and O–H groups in total. The number of amides is 1. The zero-order valence-electron chi connectivity index (χ0n) is 14.2. The highest BCUT2D eigenvalue weighted by Crippen LogP contribution is 2.25. The number of benzene rings is 1. The number of nitrogens with one attached hydrogen (secondary N) is 1. The molecule has 0 spiro atoms. The third kappa shape index (κ3) is 3.77. The van der Waals surface area contributed by atoms with Gasteiger partial charge in [0.2, 0.25) is 0 Å². The first-order chi connectivity index (χ1) is 11.5. The Hall–Kier alpha value is -2.12. The number of rotatable bonds is 4. The van der Waals surface area contributed by atoms with Gasteiger partial charge < -0.3 is 15.3 Å². The van der Waals surface area contributed by atoms with Crippen molar-refractivity contribution in [2.45, 2.75) is 25.8 Å². The second kappa shape index (κ2) is 7.84. The first-order valence-electron chi connectivity index (χ1n) is 8.02. The number of hydrogen-bond acceptors (Lipinski definition) is 4. The van der Waals surface area contributed by atoms with Crippen LogP contribution in [0, 0.1) is 12.7 Å². The van der Waals surface area contributed by atoms with Crippen LogP contribution in [0.3, 0.4) is 0 Å². The fourth-order valence-corrected chi connectivity index (χ4v) is 3.20. The molecule has 0 bridgehead atoms. The molecule has 1 fully saturated rings. The third-order valence-electron chi connectivity index (χ3n) is 4.38. The van der Waals surface area contributed by atoms with Gasteiger partial charge in [0.15, 0.2) is 11.4 Å². The number of aromatic hydroxyl groups is 1. The van der Waals surface area contributed by atoms with Crippen LogP contribution in [-0.2, 0) is 0 Å². The highest BCUT2D eigenvalue weighted by atomic mass is 35.5. The number of likely N-dealkylation sites (N-methyl/N-ethyl adjacent to an activating group) is 1. The lowest BCUT2D eigenvalue weighted by Crippen LogP contribution is -2.41. The molecule has 6 nitrogen and oxygen atoms in total. The summed E-state index contributed by atoms with van der Waals surface area (Å²) >= 11 is 0. The maximum atomic E-state index is 13.3. The SMILES string of the molecule is CNCC1CCCN1C(=O)c1nn(-c2ccc(F)cc2C)cc1O.Cl. The summed E-state index contributed by atoms with van der Waals surface area (Å²) in [6.45, 7) is 3.12. The average Bonchev–Trinajstić information content (AvgIpc) is 3.14. The van der Waals surface area contributed by atoms with Gasteiger partial charge in [0, 0.05) is 19.1 Å². The number of aryl methyl sites for hydroxylation is 1. The van der Waals surface area contributed by atoms with Crippen molar-refractivity contribution in [2.24, 2.45) is 0 Å². The van der Waals surface area contributed by atoms with Crippen LogP contribution in [-0.4, -0.2) is 51.9 Å². The summed E-state index contributed by atoms with van der Waals surface area (Å²) in [4.78, 5) is 14.5. The van der Waals surface area contributed by atoms with Crippen molar-refractivity contribution in [1.82, 2.24) is 20.0 Å². The first-order valence-corrected chi connectivity index (χ1v) is 8.02. The monoisotopic (exact) mass is 368 g/mol. The van der Waals surface area contributed by atoms with Crippen molar-refractivity contribution in [3.63, 3.8) is 0 Å². The number of nitrogens with zero attached hydrogens (tertiary/aromatic N) is 3. The largest absolute Gasteiger partial charge is 0.504 e. The van der Waals surface area contributed by atoms with E-state index >= 15 is 0 Å². The minimum absolute atomic E-state index is 0. The van der Waals surface area contributed by atoms with E-state index in [9.17, 15) is 14.3 Å². The normalized spacial score (nSPS) is 16.8. The van der Waals surface area contributed by atoms with Crippen LogP contribution in [0.2, 0.25) is 0 Å². The summed E-state index contributed by atoms with van der Waals surface area (Å²) in [6, 6.07) is 4.40. The number of carbonyl (C=O) groups is 1. The summed E-state index contributed by atoms with van der Waals surface area (Å²) in [5.74, 6) is -0.779. The minimum Gasteiger partial charge on any atom is -0.504 e. The molecule has 1 unspecified atom stereocenters. The fourth-order valence-electron chi connectivity index (χ4n) is 3.20. The zero-order chi connectivity index (χ0) is 17.3. The molecule has 3 rings (SSSR count). The molecule has 1 amide bonds. The molecule has 1 aromatic heterocycles. The maximum Gasteiger partial charge on any atom is 0.278 e. The minimum atomic E-state index is -0.337. The van der Waals surface area contributed by atoms with E-state index in [0.717, 1.165) is 12.8 Å². The second-order valence-electron chi connectivity index (χ2n) is 6.09. The van der Waals surface area contributed by atoms with Crippen molar-refractivity contribution in [1.29, 1.82) is 0 Å². The van der Waals surface area contributed by atoms with Crippen LogP contribution in [0.4, 0.5) is 4.39 Å². The van der Waals surface area contributed by atoms with E-state index in [0.29, 0.717) is 24.3 Å². The predicted octanol–water partition coefficient (Wildman–Crippen LogP) is 2.27. The van der Waals surface area contributed by atoms with Gasteiger partial charge in [-0.25, -0.2) is 9.07 Å². The van der Waals surface area contributed by atoms with Gasteiger partial charge in [0.1, 0.15) is 5.82 Å². The second-order valence-corrected chi connectivity index (χ2v) is 6.09. The molecular formula is C17H22ClFN4O2. The molecule has 136 valence electrons. The standard InChI is InChI=1S/C17H21FN4O2.ClH/c1-11-8-12(18)5-6-14(11)22-10-15(23)16(20-22)17(24)21-7-3-4-13(21)9-19-2;/h5-6,8,10,13,19,23H,3-4,7,9H2,1-2H3;1H. The fraction of sp³-hybridized carbons (Fsp3) is 0.412. The lowest BCUT2D eigenvalue weighted by molar-refractivity contribution is 0.0727. The smallest absolute Gasteiger partial charge is 0.278 e. The molecule has 1 aliphatic heterocycles. The van der Waals surface area contributed by atoms with E-state index in [1.54, 1.807) is 17.9 Å². The van der Waals surface area contributed by atoms with Crippen molar-refractivity contribution in [3.8, 4) is 11.4 Å². The Morgan fingerprint density at radius 1 is 1.48 bits per heavy atom. The van der Waals surface area contributed by atoms with Crippen LogP contribution in [0.5, 0.6) is 5.75 Å². The molecule has 0 saturated carbocycles. The highest BCUT2D eigenvalue weighted by Gasteiger charge is 2.32. The van der Waals surface area contributed by atoms with E-state index < -0.39 is 0 Å². The average molecular weight is 369 g/mol. The number of halogens is 2. The van der Waals surface area contributed by atoms with Crippen LogP contribution >= 0.6 is 12.4 Å².